The number of halogens is 1. The fourth-order valence-electron chi connectivity index (χ4n) is 1.96. The van der Waals surface area contributed by atoms with E-state index in [1.807, 2.05) is 24.3 Å². The van der Waals surface area contributed by atoms with Crippen molar-refractivity contribution in [1.82, 2.24) is 10.2 Å². The summed E-state index contributed by atoms with van der Waals surface area (Å²) in [5, 5.41) is 3.53. The topological polar surface area (TPSA) is 49.4 Å². The molecule has 4 nitrogen and oxygen atoms in total. The zero-order chi connectivity index (χ0) is 15.7. The van der Waals surface area contributed by atoms with Crippen molar-refractivity contribution in [3.05, 3.63) is 34.9 Å². The molecule has 0 unspecified atom stereocenters. The monoisotopic (exact) mass is 310 g/mol. The molecule has 0 aliphatic rings. The minimum absolute atomic E-state index is 0.0616. The number of carbonyl (C=O) groups excluding carboxylic acids is 2. The smallest absolute Gasteiger partial charge is 0.239 e. The molecule has 2 amide bonds. The number of nitrogens with one attached hydrogen (secondary N) is 1. The van der Waals surface area contributed by atoms with Gasteiger partial charge >= 0.3 is 0 Å². The van der Waals surface area contributed by atoms with Crippen molar-refractivity contribution in [3.63, 3.8) is 0 Å². The van der Waals surface area contributed by atoms with Crippen LogP contribution < -0.4 is 5.32 Å². The number of benzene rings is 1. The Morgan fingerprint density at radius 2 is 2.10 bits per heavy atom. The summed E-state index contributed by atoms with van der Waals surface area (Å²) in [5.74, 6) is -0.184. The van der Waals surface area contributed by atoms with Crippen LogP contribution in [0.1, 0.15) is 32.3 Å². The molecular formula is C16H23ClN2O2. The Labute approximate surface area is 131 Å². The second kappa shape index (κ2) is 9.40. The maximum atomic E-state index is 11.8. The molecule has 116 valence electrons. The van der Waals surface area contributed by atoms with Crippen molar-refractivity contribution in [1.29, 1.82) is 0 Å². The summed E-state index contributed by atoms with van der Waals surface area (Å²) in [6.45, 7) is 4.86. The molecule has 0 fully saturated rings. The van der Waals surface area contributed by atoms with Crippen molar-refractivity contribution in [2.75, 3.05) is 19.6 Å². The van der Waals surface area contributed by atoms with Gasteiger partial charge in [0.05, 0.1) is 6.54 Å². The Hall–Kier alpha value is -1.55. The average molecular weight is 311 g/mol. The first-order valence-electron chi connectivity index (χ1n) is 7.29. The van der Waals surface area contributed by atoms with Gasteiger partial charge in [-0.2, -0.15) is 0 Å². The van der Waals surface area contributed by atoms with Crippen LogP contribution in [-0.2, 0) is 16.0 Å². The van der Waals surface area contributed by atoms with E-state index in [1.165, 1.54) is 6.92 Å². The molecule has 1 N–H and O–H groups in total. The number of unbranched alkanes of at least 4 members (excludes halogenated alkanes) is 1. The van der Waals surface area contributed by atoms with Gasteiger partial charge in [0.25, 0.3) is 0 Å². The summed E-state index contributed by atoms with van der Waals surface area (Å²) in [4.78, 5) is 24.9. The SMILES string of the molecule is CCCCN(CC(=O)NCCc1cccc(Cl)c1)C(C)=O. The summed E-state index contributed by atoms with van der Waals surface area (Å²) in [7, 11) is 0. The van der Waals surface area contributed by atoms with Gasteiger partial charge in [0, 0.05) is 25.0 Å². The molecule has 0 saturated carbocycles. The fourth-order valence-corrected chi connectivity index (χ4v) is 2.18. The van der Waals surface area contributed by atoms with E-state index >= 15 is 0 Å². The second-order valence-electron chi connectivity index (χ2n) is 5.02. The Kier molecular flexibility index (Phi) is 7.83. The average Bonchev–Trinajstić information content (AvgIpc) is 2.43. The highest BCUT2D eigenvalue weighted by molar-refractivity contribution is 6.30. The third-order valence-electron chi connectivity index (χ3n) is 3.19. The first-order valence-corrected chi connectivity index (χ1v) is 7.67. The number of nitrogens with zero attached hydrogens (tertiary/aromatic N) is 1. The summed E-state index contributed by atoms with van der Waals surface area (Å²) in [6.07, 6.45) is 2.64. The number of amides is 2. The summed E-state index contributed by atoms with van der Waals surface area (Å²) < 4.78 is 0. The molecule has 1 aromatic carbocycles. The molecule has 0 bridgehead atoms. The van der Waals surface area contributed by atoms with Crippen molar-refractivity contribution in [2.24, 2.45) is 0 Å². The minimum atomic E-state index is -0.122. The Morgan fingerprint density at radius 3 is 2.71 bits per heavy atom. The predicted octanol–water partition coefficient (Wildman–Crippen LogP) is 2.65. The van der Waals surface area contributed by atoms with Crippen LogP contribution >= 0.6 is 11.6 Å². The highest BCUT2D eigenvalue weighted by Gasteiger charge is 2.12. The molecular weight excluding hydrogens is 288 g/mol. The molecule has 0 spiro atoms. The molecule has 21 heavy (non-hydrogen) atoms. The molecule has 0 aliphatic heterocycles. The second-order valence-corrected chi connectivity index (χ2v) is 5.46. The molecule has 0 radical (unpaired) electrons. The lowest BCUT2D eigenvalue weighted by Gasteiger charge is -2.20. The van der Waals surface area contributed by atoms with Gasteiger partial charge in [-0.25, -0.2) is 0 Å². The molecule has 0 heterocycles. The van der Waals surface area contributed by atoms with E-state index in [1.54, 1.807) is 4.90 Å². The van der Waals surface area contributed by atoms with Gasteiger partial charge in [0.1, 0.15) is 0 Å². The van der Waals surface area contributed by atoms with E-state index in [2.05, 4.69) is 12.2 Å². The van der Waals surface area contributed by atoms with Crippen molar-refractivity contribution < 1.29 is 9.59 Å². The summed E-state index contributed by atoms with van der Waals surface area (Å²) in [6, 6.07) is 7.57. The number of hydrogen-bond acceptors (Lipinski definition) is 2. The third-order valence-corrected chi connectivity index (χ3v) is 3.42. The molecule has 1 aromatic rings. The van der Waals surface area contributed by atoms with E-state index in [9.17, 15) is 9.59 Å². The highest BCUT2D eigenvalue weighted by atomic mass is 35.5. The Balaban J connectivity index is 2.34. The number of rotatable bonds is 8. The van der Waals surface area contributed by atoms with E-state index in [-0.39, 0.29) is 18.4 Å². The van der Waals surface area contributed by atoms with Crippen LogP contribution in [0.5, 0.6) is 0 Å². The molecule has 0 aliphatic carbocycles. The highest BCUT2D eigenvalue weighted by Crippen LogP contribution is 2.10. The van der Waals surface area contributed by atoms with Crippen LogP contribution in [0.3, 0.4) is 0 Å². The zero-order valence-corrected chi connectivity index (χ0v) is 13.4. The third kappa shape index (κ3) is 7.14. The lowest BCUT2D eigenvalue weighted by atomic mass is 10.1. The maximum Gasteiger partial charge on any atom is 0.239 e. The summed E-state index contributed by atoms with van der Waals surface area (Å²) >= 11 is 5.91. The first kappa shape index (κ1) is 17.5. The van der Waals surface area contributed by atoms with E-state index in [0.717, 1.165) is 24.8 Å². The first-order chi connectivity index (χ1) is 10.0. The standard InChI is InChI=1S/C16H23ClN2O2/c1-3-4-10-19(13(2)20)12-16(21)18-9-8-14-6-5-7-15(17)11-14/h5-7,11H,3-4,8-10,12H2,1-2H3,(H,18,21). The number of hydrogen-bond donors (Lipinski definition) is 1. The van der Waals surface area contributed by atoms with Gasteiger partial charge in [-0.05, 0) is 30.5 Å². The van der Waals surface area contributed by atoms with Gasteiger partial charge in [-0.1, -0.05) is 37.1 Å². The van der Waals surface area contributed by atoms with Crippen molar-refractivity contribution >= 4 is 23.4 Å². The molecule has 0 aromatic heterocycles. The van der Waals surface area contributed by atoms with Crippen molar-refractivity contribution in [2.45, 2.75) is 33.1 Å². The predicted molar refractivity (Wildman–Crippen MR) is 85.3 cm³/mol. The van der Waals surface area contributed by atoms with Crippen LogP contribution in [0.15, 0.2) is 24.3 Å². The van der Waals surface area contributed by atoms with Crippen molar-refractivity contribution in [3.8, 4) is 0 Å². The van der Waals surface area contributed by atoms with E-state index < -0.39 is 0 Å². The molecule has 1 rings (SSSR count). The van der Waals surface area contributed by atoms with Crippen LogP contribution in [0.25, 0.3) is 0 Å². The molecule has 0 atom stereocenters. The van der Waals surface area contributed by atoms with Gasteiger partial charge in [0.15, 0.2) is 0 Å². The lowest BCUT2D eigenvalue weighted by Crippen LogP contribution is -2.40. The Bertz CT molecular complexity index is 477. The molecule has 0 saturated heterocycles. The van der Waals surface area contributed by atoms with Gasteiger partial charge < -0.3 is 10.2 Å². The van der Waals surface area contributed by atoms with E-state index in [0.29, 0.717) is 18.1 Å². The maximum absolute atomic E-state index is 11.8. The van der Waals surface area contributed by atoms with Crippen LogP contribution in [0, 0.1) is 0 Å². The Morgan fingerprint density at radius 1 is 1.33 bits per heavy atom. The van der Waals surface area contributed by atoms with Gasteiger partial charge in [-0.15, -0.1) is 0 Å². The fraction of sp³-hybridized carbons (Fsp3) is 0.500. The largest absolute Gasteiger partial charge is 0.354 e. The number of carbonyl (C=O) groups is 2. The van der Waals surface area contributed by atoms with Gasteiger partial charge in [0.2, 0.25) is 11.8 Å². The quantitative estimate of drug-likeness (QED) is 0.802. The zero-order valence-electron chi connectivity index (χ0n) is 12.7. The van der Waals surface area contributed by atoms with E-state index in [4.69, 9.17) is 11.6 Å². The van der Waals surface area contributed by atoms with Gasteiger partial charge in [-0.3, -0.25) is 9.59 Å². The molecule has 5 heteroatoms. The van der Waals surface area contributed by atoms with Crippen LogP contribution in [0.4, 0.5) is 0 Å². The minimum Gasteiger partial charge on any atom is -0.354 e. The normalized spacial score (nSPS) is 10.2. The summed E-state index contributed by atoms with van der Waals surface area (Å²) in [5.41, 5.74) is 1.08. The van der Waals surface area contributed by atoms with Crippen LogP contribution in [-0.4, -0.2) is 36.3 Å². The van der Waals surface area contributed by atoms with Crippen LogP contribution in [0.2, 0.25) is 5.02 Å². The lowest BCUT2D eigenvalue weighted by molar-refractivity contribution is -0.134.